The second-order valence-electron chi connectivity index (χ2n) is 4.30. The molecule has 1 aromatic carbocycles. The van der Waals surface area contributed by atoms with E-state index in [9.17, 15) is 15.3 Å². The Morgan fingerprint density at radius 3 is 2.05 bits per heavy atom. The summed E-state index contributed by atoms with van der Waals surface area (Å²) in [6, 6.07) is 5.41. The molecule has 0 aromatic heterocycles. The maximum Gasteiger partial charge on any atom is 0.161 e. The zero-order chi connectivity index (χ0) is 14.3. The van der Waals surface area contributed by atoms with Gasteiger partial charge in [0.05, 0.1) is 39.6 Å². The minimum absolute atomic E-state index is 0.354. The smallest absolute Gasteiger partial charge is 0.161 e. The zero-order valence-corrected chi connectivity index (χ0v) is 11.2. The molecule has 19 heavy (non-hydrogen) atoms. The van der Waals surface area contributed by atoms with Crippen molar-refractivity contribution in [2.45, 2.75) is 12.1 Å². The summed E-state index contributed by atoms with van der Waals surface area (Å²) in [5.74, 6) is 1.23. The number of hydrogen-bond donors (Lipinski definition) is 4. The van der Waals surface area contributed by atoms with Crippen molar-refractivity contribution in [1.29, 1.82) is 0 Å². The van der Waals surface area contributed by atoms with E-state index in [1.54, 1.807) is 26.4 Å². The van der Waals surface area contributed by atoms with Crippen LogP contribution in [0.1, 0.15) is 5.56 Å². The Kier molecular flexibility index (Phi) is 6.04. The number of benzene rings is 1. The van der Waals surface area contributed by atoms with Gasteiger partial charge in [-0.3, -0.25) is 0 Å². The van der Waals surface area contributed by atoms with Crippen molar-refractivity contribution in [3.05, 3.63) is 23.8 Å². The molecule has 0 saturated carbocycles. The third-order valence-corrected chi connectivity index (χ3v) is 3.02. The molecule has 1 rings (SSSR count). The van der Waals surface area contributed by atoms with Gasteiger partial charge in [-0.15, -0.1) is 0 Å². The predicted octanol–water partition coefficient (Wildman–Crippen LogP) is -0.491. The van der Waals surface area contributed by atoms with Gasteiger partial charge in [-0.05, 0) is 17.7 Å². The third-order valence-electron chi connectivity index (χ3n) is 3.02. The van der Waals surface area contributed by atoms with Gasteiger partial charge in [-0.1, -0.05) is 6.07 Å². The van der Waals surface area contributed by atoms with Crippen LogP contribution in [0.15, 0.2) is 18.2 Å². The molecule has 0 heterocycles. The fourth-order valence-corrected chi connectivity index (χ4v) is 1.60. The SMILES string of the molecule is COc1ccc(CNC(CO)(CO)CO)cc1OC. The quantitative estimate of drug-likeness (QED) is 0.510. The molecule has 0 aliphatic rings. The lowest BCUT2D eigenvalue weighted by atomic mass is 10.0. The molecule has 108 valence electrons. The highest BCUT2D eigenvalue weighted by Crippen LogP contribution is 2.27. The van der Waals surface area contributed by atoms with Crippen molar-refractivity contribution in [2.75, 3.05) is 34.0 Å². The molecule has 4 N–H and O–H groups in total. The van der Waals surface area contributed by atoms with E-state index >= 15 is 0 Å². The van der Waals surface area contributed by atoms with Crippen LogP contribution in [0.3, 0.4) is 0 Å². The number of ether oxygens (including phenoxy) is 2. The van der Waals surface area contributed by atoms with Crippen molar-refractivity contribution in [2.24, 2.45) is 0 Å². The average Bonchev–Trinajstić information content (AvgIpc) is 2.49. The van der Waals surface area contributed by atoms with Crippen LogP contribution >= 0.6 is 0 Å². The lowest BCUT2D eigenvalue weighted by Crippen LogP contribution is -2.54. The lowest BCUT2D eigenvalue weighted by molar-refractivity contribution is 0.0413. The first kappa shape index (κ1) is 15.7. The van der Waals surface area contributed by atoms with E-state index in [0.29, 0.717) is 18.0 Å². The molecule has 0 saturated heterocycles. The van der Waals surface area contributed by atoms with Gasteiger partial charge < -0.3 is 30.1 Å². The molecule has 0 unspecified atom stereocenters. The molecule has 0 fully saturated rings. The molecule has 0 radical (unpaired) electrons. The van der Waals surface area contributed by atoms with Crippen LogP contribution < -0.4 is 14.8 Å². The molecule has 6 nitrogen and oxygen atoms in total. The minimum atomic E-state index is -1.09. The fourth-order valence-electron chi connectivity index (χ4n) is 1.60. The molecule has 0 atom stereocenters. The monoisotopic (exact) mass is 271 g/mol. The Labute approximate surface area is 112 Å². The van der Waals surface area contributed by atoms with Crippen molar-refractivity contribution in [1.82, 2.24) is 5.32 Å². The number of hydrogen-bond acceptors (Lipinski definition) is 6. The third kappa shape index (κ3) is 3.81. The maximum absolute atomic E-state index is 9.21. The van der Waals surface area contributed by atoms with E-state index in [-0.39, 0.29) is 19.8 Å². The average molecular weight is 271 g/mol. The minimum Gasteiger partial charge on any atom is -0.493 e. The number of nitrogens with one attached hydrogen (secondary N) is 1. The van der Waals surface area contributed by atoms with E-state index < -0.39 is 5.54 Å². The molecular formula is C13H21NO5. The number of rotatable bonds is 8. The highest BCUT2D eigenvalue weighted by atomic mass is 16.5. The Morgan fingerprint density at radius 2 is 1.58 bits per heavy atom. The molecule has 0 amide bonds. The second-order valence-corrected chi connectivity index (χ2v) is 4.30. The predicted molar refractivity (Wildman–Crippen MR) is 70.4 cm³/mol. The van der Waals surface area contributed by atoms with E-state index in [4.69, 9.17) is 9.47 Å². The maximum atomic E-state index is 9.21. The Morgan fingerprint density at radius 1 is 1.00 bits per heavy atom. The van der Waals surface area contributed by atoms with Crippen molar-refractivity contribution >= 4 is 0 Å². The topological polar surface area (TPSA) is 91.2 Å². The summed E-state index contributed by atoms with van der Waals surface area (Å²) in [7, 11) is 3.11. The largest absolute Gasteiger partial charge is 0.493 e. The summed E-state index contributed by atoms with van der Waals surface area (Å²) in [4.78, 5) is 0. The summed E-state index contributed by atoms with van der Waals surface area (Å²) >= 11 is 0. The molecule has 0 spiro atoms. The van der Waals surface area contributed by atoms with Gasteiger partial charge in [0.15, 0.2) is 11.5 Å². The van der Waals surface area contributed by atoms with Gasteiger partial charge in [-0.25, -0.2) is 0 Å². The van der Waals surface area contributed by atoms with E-state index in [1.165, 1.54) is 0 Å². The highest BCUT2D eigenvalue weighted by Gasteiger charge is 2.27. The highest BCUT2D eigenvalue weighted by molar-refractivity contribution is 5.42. The van der Waals surface area contributed by atoms with Crippen LogP contribution in [-0.2, 0) is 6.54 Å². The molecular weight excluding hydrogens is 250 g/mol. The van der Waals surface area contributed by atoms with E-state index in [2.05, 4.69) is 5.32 Å². The van der Waals surface area contributed by atoms with Crippen molar-refractivity contribution < 1.29 is 24.8 Å². The second kappa shape index (κ2) is 7.30. The van der Waals surface area contributed by atoms with Gasteiger partial charge >= 0.3 is 0 Å². The molecule has 0 bridgehead atoms. The van der Waals surface area contributed by atoms with Gasteiger partial charge in [0.25, 0.3) is 0 Å². The van der Waals surface area contributed by atoms with Crippen LogP contribution in [0.4, 0.5) is 0 Å². The van der Waals surface area contributed by atoms with Crippen LogP contribution in [0.5, 0.6) is 11.5 Å². The molecule has 0 aliphatic carbocycles. The zero-order valence-electron chi connectivity index (χ0n) is 11.2. The first-order valence-electron chi connectivity index (χ1n) is 5.93. The van der Waals surface area contributed by atoms with E-state index in [0.717, 1.165) is 5.56 Å². The Bertz CT molecular complexity index is 384. The van der Waals surface area contributed by atoms with Crippen LogP contribution in [0.25, 0.3) is 0 Å². The molecule has 1 aromatic rings. The van der Waals surface area contributed by atoms with Crippen LogP contribution in [0.2, 0.25) is 0 Å². The first-order valence-corrected chi connectivity index (χ1v) is 5.93. The van der Waals surface area contributed by atoms with Crippen LogP contribution in [0, 0.1) is 0 Å². The standard InChI is InChI=1S/C13H21NO5/c1-18-11-4-3-10(5-12(11)19-2)6-14-13(7-15,8-16)9-17/h3-5,14-17H,6-9H2,1-2H3. The number of aliphatic hydroxyl groups excluding tert-OH is 3. The summed E-state index contributed by atoms with van der Waals surface area (Å²) < 4.78 is 10.3. The lowest BCUT2D eigenvalue weighted by Gasteiger charge is -2.29. The summed E-state index contributed by atoms with van der Waals surface area (Å²) in [6.07, 6.45) is 0. The fraction of sp³-hybridized carbons (Fsp3) is 0.538. The Hall–Kier alpha value is -1.34. The number of aliphatic hydroxyl groups is 3. The van der Waals surface area contributed by atoms with Gasteiger partial charge in [-0.2, -0.15) is 0 Å². The molecule has 6 heteroatoms. The van der Waals surface area contributed by atoms with Gasteiger partial charge in [0.1, 0.15) is 0 Å². The molecule has 0 aliphatic heterocycles. The van der Waals surface area contributed by atoms with Crippen molar-refractivity contribution in [3.8, 4) is 11.5 Å². The normalized spacial score (nSPS) is 11.4. The van der Waals surface area contributed by atoms with E-state index in [1.807, 2.05) is 6.07 Å². The summed E-state index contributed by atoms with van der Waals surface area (Å²) in [5.41, 5.74) is -0.204. The van der Waals surface area contributed by atoms with Crippen LogP contribution in [-0.4, -0.2) is 54.9 Å². The Balaban J connectivity index is 2.77. The first-order chi connectivity index (χ1) is 9.14. The van der Waals surface area contributed by atoms with Crippen molar-refractivity contribution in [3.63, 3.8) is 0 Å². The number of methoxy groups -OCH3 is 2. The summed E-state index contributed by atoms with van der Waals surface area (Å²) in [5, 5.41) is 30.6. The van der Waals surface area contributed by atoms with Gasteiger partial charge in [0.2, 0.25) is 0 Å². The van der Waals surface area contributed by atoms with Gasteiger partial charge in [0, 0.05) is 6.54 Å². The summed E-state index contributed by atoms with van der Waals surface area (Å²) in [6.45, 7) is -0.685.